The highest BCUT2D eigenvalue weighted by atomic mass is 16.5. The van der Waals surface area contributed by atoms with Crippen LogP contribution in [0.2, 0.25) is 0 Å². The van der Waals surface area contributed by atoms with Gasteiger partial charge in [0.15, 0.2) is 0 Å². The molecule has 6 heteroatoms. The van der Waals surface area contributed by atoms with Crippen molar-refractivity contribution in [2.45, 2.75) is 50.7 Å². The fourth-order valence-corrected chi connectivity index (χ4v) is 2.76. The van der Waals surface area contributed by atoms with Crippen molar-refractivity contribution in [2.24, 2.45) is 5.92 Å². The van der Waals surface area contributed by atoms with Crippen molar-refractivity contribution in [1.82, 2.24) is 5.32 Å². The van der Waals surface area contributed by atoms with E-state index in [2.05, 4.69) is 5.32 Å². The average molecular weight is 303 g/mol. The van der Waals surface area contributed by atoms with Crippen molar-refractivity contribution >= 4 is 5.97 Å². The molecule has 0 aromatic carbocycles. The third-order valence-corrected chi connectivity index (χ3v) is 4.10. The second-order valence-electron chi connectivity index (χ2n) is 5.80. The molecule has 0 saturated heterocycles. The van der Waals surface area contributed by atoms with Gasteiger partial charge in [-0.1, -0.05) is 0 Å². The van der Waals surface area contributed by atoms with Gasteiger partial charge in [0.05, 0.1) is 24.7 Å². The Morgan fingerprint density at radius 3 is 2.62 bits per heavy atom. The van der Waals surface area contributed by atoms with Gasteiger partial charge in [0.1, 0.15) is 0 Å². The van der Waals surface area contributed by atoms with Crippen LogP contribution in [0.3, 0.4) is 0 Å². The zero-order valence-electron chi connectivity index (χ0n) is 13.1. The lowest BCUT2D eigenvalue weighted by molar-refractivity contribution is -0.151. The molecule has 6 nitrogen and oxygen atoms in total. The fourth-order valence-electron chi connectivity index (χ4n) is 2.76. The second kappa shape index (κ2) is 9.35. The molecule has 1 aliphatic rings. The first-order valence-corrected chi connectivity index (χ1v) is 7.77. The van der Waals surface area contributed by atoms with Crippen LogP contribution in [-0.2, 0) is 14.3 Å². The van der Waals surface area contributed by atoms with Crippen LogP contribution in [0.1, 0.15) is 39.0 Å². The normalized spacial score (nSPS) is 27.3. The summed E-state index contributed by atoms with van der Waals surface area (Å²) in [7, 11) is 1.62. The number of nitrogens with one attached hydrogen (secondary N) is 1. The maximum atomic E-state index is 11.7. The van der Waals surface area contributed by atoms with E-state index in [0.29, 0.717) is 51.9 Å². The van der Waals surface area contributed by atoms with E-state index in [0.717, 1.165) is 0 Å². The summed E-state index contributed by atoms with van der Waals surface area (Å²) in [6, 6.07) is 0.0341. The van der Waals surface area contributed by atoms with Gasteiger partial charge in [0.2, 0.25) is 0 Å². The predicted octanol–water partition coefficient (Wildman–Crippen LogP) is 0.458. The molecule has 3 N–H and O–H groups in total. The first-order valence-electron chi connectivity index (χ1n) is 7.77. The van der Waals surface area contributed by atoms with Crippen LogP contribution in [-0.4, -0.2) is 61.3 Å². The molecule has 1 saturated carbocycles. The molecule has 0 amide bonds. The number of aliphatic hydroxyl groups is 2. The number of carbonyl (C=O) groups excluding carboxylic acids is 1. The highest BCUT2D eigenvalue weighted by Gasteiger charge is 2.36. The Hall–Kier alpha value is -0.690. The van der Waals surface area contributed by atoms with E-state index in [1.807, 2.05) is 0 Å². The molecule has 0 bridgehead atoms. The second-order valence-corrected chi connectivity index (χ2v) is 5.80. The molecule has 21 heavy (non-hydrogen) atoms. The Balaban J connectivity index is 2.37. The lowest BCUT2D eigenvalue weighted by Crippen LogP contribution is -2.48. The number of ether oxygens (including phenoxy) is 2. The van der Waals surface area contributed by atoms with Crippen LogP contribution in [0.25, 0.3) is 0 Å². The number of carbonyl (C=O) groups is 1. The van der Waals surface area contributed by atoms with Gasteiger partial charge in [-0.3, -0.25) is 4.79 Å². The molecule has 1 atom stereocenters. The van der Waals surface area contributed by atoms with Crippen molar-refractivity contribution < 1.29 is 24.5 Å². The minimum atomic E-state index is -0.787. The van der Waals surface area contributed by atoms with Gasteiger partial charge >= 0.3 is 5.97 Å². The molecule has 0 aliphatic heterocycles. The quantitative estimate of drug-likeness (QED) is 0.536. The molecule has 1 aliphatic carbocycles. The van der Waals surface area contributed by atoms with Gasteiger partial charge in [-0.25, -0.2) is 0 Å². The van der Waals surface area contributed by atoms with Crippen molar-refractivity contribution in [3.63, 3.8) is 0 Å². The Morgan fingerprint density at radius 2 is 2.10 bits per heavy atom. The predicted molar refractivity (Wildman–Crippen MR) is 78.9 cm³/mol. The van der Waals surface area contributed by atoms with E-state index in [9.17, 15) is 9.90 Å². The highest BCUT2D eigenvalue weighted by Crippen LogP contribution is 2.32. The molecule has 0 aromatic rings. The van der Waals surface area contributed by atoms with E-state index < -0.39 is 5.60 Å². The first-order chi connectivity index (χ1) is 10.0. The maximum Gasteiger partial charge on any atom is 0.308 e. The molecule has 0 spiro atoms. The number of esters is 1. The topological polar surface area (TPSA) is 88.0 Å². The summed E-state index contributed by atoms with van der Waals surface area (Å²) in [6.07, 6.45) is 3.08. The Kier molecular flexibility index (Phi) is 8.18. The third kappa shape index (κ3) is 6.30. The summed E-state index contributed by atoms with van der Waals surface area (Å²) < 4.78 is 10.1. The fraction of sp³-hybridized carbons (Fsp3) is 0.933. The van der Waals surface area contributed by atoms with Crippen molar-refractivity contribution in [2.75, 3.05) is 33.5 Å². The van der Waals surface area contributed by atoms with E-state index >= 15 is 0 Å². The van der Waals surface area contributed by atoms with E-state index in [1.165, 1.54) is 0 Å². The van der Waals surface area contributed by atoms with Gasteiger partial charge in [-0.2, -0.15) is 0 Å². The van der Waals surface area contributed by atoms with Crippen LogP contribution in [0, 0.1) is 5.92 Å². The standard InChI is InChI=1S/C15H29NO5/c1-3-21-14(18)12-4-7-15(19,8-5-12)11-16-13(6-9-17)10-20-2/h12-13,16-17,19H,3-11H2,1-2H3. The van der Waals surface area contributed by atoms with E-state index in [4.69, 9.17) is 14.6 Å². The molecule has 1 rings (SSSR count). The Morgan fingerprint density at radius 1 is 1.43 bits per heavy atom. The summed E-state index contributed by atoms with van der Waals surface area (Å²) >= 11 is 0. The molecule has 0 aromatic heterocycles. The highest BCUT2D eigenvalue weighted by molar-refractivity contribution is 5.72. The summed E-state index contributed by atoms with van der Waals surface area (Å²) in [4.78, 5) is 11.7. The van der Waals surface area contributed by atoms with Crippen LogP contribution in [0.5, 0.6) is 0 Å². The first kappa shape index (κ1) is 18.4. The average Bonchev–Trinajstić information content (AvgIpc) is 2.46. The Bertz CT molecular complexity index is 296. The summed E-state index contributed by atoms with van der Waals surface area (Å²) in [5, 5.41) is 22.8. The SMILES string of the molecule is CCOC(=O)C1CCC(O)(CNC(CCO)COC)CC1. The van der Waals surface area contributed by atoms with Gasteiger partial charge in [-0.05, 0) is 39.0 Å². The summed E-state index contributed by atoms with van der Waals surface area (Å²) in [6.45, 7) is 3.25. The third-order valence-electron chi connectivity index (χ3n) is 4.10. The van der Waals surface area contributed by atoms with Crippen LogP contribution >= 0.6 is 0 Å². The van der Waals surface area contributed by atoms with Gasteiger partial charge < -0.3 is 25.0 Å². The molecular formula is C15H29NO5. The number of methoxy groups -OCH3 is 1. The van der Waals surface area contributed by atoms with Gasteiger partial charge in [-0.15, -0.1) is 0 Å². The monoisotopic (exact) mass is 303 g/mol. The number of aliphatic hydroxyl groups excluding tert-OH is 1. The molecule has 0 radical (unpaired) electrons. The number of hydrogen-bond acceptors (Lipinski definition) is 6. The van der Waals surface area contributed by atoms with E-state index in [-0.39, 0.29) is 24.5 Å². The lowest BCUT2D eigenvalue weighted by Gasteiger charge is -2.36. The van der Waals surface area contributed by atoms with Crippen molar-refractivity contribution in [3.8, 4) is 0 Å². The van der Waals surface area contributed by atoms with Crippen LogP contribution in [0.4, 0.5) is 0 Å². The molecule has 1 unspecified atom stereocenters. The minimum Gasteiger partial charge on any atom is -0.466 e. The smallest absolute Gasteiger partial charge is 0.308 e. The number of hydrogen-bond donors (Lipinski definition) is 3. The van der Waals surface area contributed by atoms with Gasteiger partial charge in [0.25, 0.3) is 0 Å². The molecule has 124 valence electrons. The zero-order chi connectivity index (χ0) is 15.7. The Labute approximate surface area is 126 Å². The minimum absolute atomic E-state index is 0.0341. The lowest BCUT2D eigenvalue weighted by atomic mass is 9.78. The summed E-state index contributed by atoms with van der Waals surface area (Å²) in [5.41, 5.74) is -0.787. The number of rotatable bonds is 9. The van der Waals surface area contributed by atoms with Crippen LogP contribution in [0.15, 0.2) is 0 Å². The molecule has 0 heterocycles. The van der Waals surface area contributed by atoms with Crippen molar-refractivity contribution in [3.05, 3.63) is 0 Å². The van der Waals surface area contributed by atoms with Crippen LogP contribution < -0.4 is 5.32 Å². The van der Waals surface area contributed by atoms with E-state index in [1.54, 1.807) is 14.0 Å². The zero-order valence-corrected chi connectivity index (χ0v) is 13.1. The van der Waals surface area contributed by atoms with Gasteiger partial charge in [0, 0.05) is 26.3 Å². The largest absolute Gasteiger partial charge is 0.466 e. The summed E-state index contributed by atoms with van der Waals surface area (Å²) in [5.74, 6) is -0.234. The van der Waals surface area contributed by atoms with Crippen molar-refractivity contribution in [1.29, 1.82) is 0 Å². The molecular weight excluding hydrogens is 274 g/mol. The maximum absolute atomic E-state index is 11.7. The molecule has 1 fully saturated rings.